The third-order valence-electron chi connectivity index (χ3n) is 4.04. The number of rotatable bonds is 7. The van der Waals surface area contributed by atoms with E-state index in [1.807, 2.05) is 6.20 Å². The number of guanidine groups is 1. The topological polar surface area (TPSA) is 52.6 Å². The molecular weight excluding hydrogens is 294 g/mol. The molecule has 1 aromatic heterocycles. The van der Waals surface area contributed by atoms with Crippen LogP contribution in [0, 0.1) is 5.92 Å². The molecule has 6 heteroatoms. The minimum atomic E-state index is 0.658. The van der Waals surface area contributed by atoms with Gasteiger partial charge in [0, 0.05) is 30.7 Å². The van der Waals surface area contributed by atoms with E-state index < -0.39 is 0 Å². The molecule has 1 unspecified atom stereocenters. The van der Waals surface area contributed by atoms with Gasteiger partial charge in [-0.2, -0.15) is 0 Å². The number of hydrogen-bond acceptors (Lipinski definition) is 4. The van der Waals surface area contributed by atoms with Gasteiger partial charge in [0.05, 0.1) is 6.54 Å². The van der Waals surface area contributed by atoms with Gasteiger partial charge in [0.25, 0.3) is 0 Å². The summed E-state index contributed by atoms with van der Waals surface area (Å²) in [4.78, 5) is 12.9. The second-order valence-corrected chi connectivity index (χ2v) is 6.90. The van der Waals surface area contributed by atoms with E-state index in [0.717, 1.165) is 42.9 Å². The van der Waals surface area contributed by atoms with Crippen LogP contribution < -0.4 is 10.6 Å². The highest BCUT2D eigenvalue weighted by Crippen LogP contribution is 2.15. The lowest BCUT2D eigenvalue weighted by Crippen LogP contribution is -2.40. The normalized spacial score (nSPS) is 19.6. The van der Waals surface area contributed by atoms with E-state index in [1.54, 1.807) is 11.3 Å². The van der Waals surface area contributed by atoms with Crippen LogP contribution in [-0.4, -0.2) is 48.6 Å². The Hall–Kier alpha value is -1.14. The van der Waals surface area contributed by atoms with Crippen molar-refractivity contribution in [2.24, 2.45) is 10.9 Å². The van der Waals surface area contributed by atoms with E-state index in [0.29, 0.717) is 6.54 Å². The van der Waals surface area contributed by atoms with Crippen molar-refractivity contribution in [1.82, 2.24) is 20.5 Å². The van der Waals surface area contributed by atoms with Crippen molar-refractivity contribution in [3.05, 3.63) is 16.1 Å². The largest absolute Gasteiger partial charge is 0.357 e. The van der Waals surface area contributed by atoms with Gasteiger partial charge in [0.1, 0.15) is 5.01 Å². The summed E-state index contributed by atoms with van der Waals surface area (Å²) >= 11 is 1.76. The molecule has 1 fully saturated rings. The molecule has 1 aromatic rings. The number of nitrogens with zero attached hydrogens (tertiary/aromatic N) is 3. The van der Waals surface area contributed by atoms with Crippen LogP contribution in [0.1, 0.15) is 37.1 Å². The van der Waals surface area contributed by atoms with Crippen molar-refractivity contribution in [2.45, 2.75) is 40.2 Å². The van der Waals surface area contributed by atoms with E-state index in [-0.39, 0.29) is 0 Å². The molecule has 1 aliphatic heterocycles. The number of hydrogen-bond donors (Lipinski definition) is 2. The van der Waals surface area contributed by atoms with Crippen LogP contribution in [0.2, 0.25) is 0 Å². The van der Waals surface area contributed by atoms with E-state index >= 15 is 0 Å². The summed E-state index contributed by atoms with van der Waals surface area (Å²) in [5.41, 5.74) is 0. The minimum absolute atomic E-state index is 0.658. The first-order valence-electron chi connectivity index (χ1n) is 8.43. The predicted molar refractivity (Wildman–Crippen MR) is 94.5 cm³/mol. The maximum atomic E-state index is 4.66. The molecule has 1 atom stereocenters. The highest BCUT2D eigenvalue weighted by molar-refractivity contribution is 7.11. The highest BCUT2D eigenvalue weighted by atomic mass is 32.1. The van der Waals surface area contributed by atoms with Gasteiger partial charge >= 0.3 is 0 Å². The summed E-state index contributed by atoms with van der Waals surface area (Å²) in [5.74, 6) is 1.64. The fourth-order valence-electron chi connectivity index (χ4n) is 2.68. The van der Waals surface area contributed by atoms with E-state index in [4.69, 9.17) is 0 Å². The molecule has 124 valence electrons. The Morgan fingerprint density at radius 2 is 2.27 bits per heavy atom. The van der Waals surface area contributed by atoms with Crippen LogP contribution in [0.25, 0.3) is 0 Å². The Kier molecular flexibility index (Phi) is 7.12. The molecule has 5 nitrogen and oxygen atoms in total. The summed E-state index contributed by atoms with van der Waals surface area (Å²) in [7, 11) is 0. The smallest absolute Gasteiger partial charge is 0.191 e. The third-order valence-corrected chi connectivity index (χ3v) is 5.17. The molecule has 0 radical (unpaired) electrons. The van der Waals surface area contributed by atoms with Crippen molar-refractivity contribution in [1.29, 1.82) is 0 Å². The SMILES string of the molecule is CCNC(=NCc1ncc(CC)s1)NCC1CCN(CC)C1. The Balaban J connectivity index is 1.82. The zero-order chi connectivity index (χ0) is 15.8. The minimum Gasteiger partial charge on any atom is -0.357 e. The van der Waals surface area contributed by atoms with E-state index in [1.165, 1.54) is 24.4 Å². The number of aryl methyl sites for hydroxylation is 1. The number of likely N-dealkylation sites (tertiary alicyclic amines) is 1. The van der Waals surface area contributed by atoms with Gasteiger partial charge in [0.2, 0.25) is 0 Å². The summed E-state index contributed by atoms with van der Waals surface area (Å²) in [5, 5.41) is 7.90. The van der Waals surface area contributed by atoms with Gasteiger partial charge in [-0.15, -0.1) is 11.3 Å². The molecule has 0 aliphatic carbocycles. The van der Waals surface area contributed by atoms with Crippen molar-refractivity contribution < 1.29 is 0 Å². The average Bonchev–Trinajstić information content (AvgIpc) is 3.18. The van der Waals surface area contributed by atoms with E-state index in [9.17, 15) is 0 Å². The molecule has 0 amide bonds. The second-order valence-electron chi connectivity index (χ2n) is 5.70. The summed E-state index contributed by atoms with van der Waals surface area (Å²) in [6.45, 7) is 12.6. The molecule has 1 aliphatic rings. The average molecular weight is 324 g/mol. The van der Waals surface area contributed by atoms with Crippen molar-refractivity contribution >= 4 is 17.3 Å². The lowest BCUT2D eigenvalue weighted by molar-refractivity contribution is 0.342. The third kappa shape index (κ3) is 5.25. The highest BCUT2D eigenvalue weighted by Gasteiger charge is 2.20. The van der Waals surface area contributed by atoms with Gasteiger partial charge in [-0.1, -0.05) is 13.8 Å². The number of aliphatic imine (C=N–C) groups is 1. The lowest BCUT2D eigenvalue weighted by atomic mass is 10.1. The predicted octanol–water partition coefficient (Wildman–Crippen LogP) is 2.10. The summed E-state index contributed by atoms with van der Waals surface area (Å²) in [6, 6.07) is 0. The van der Waals surface area contributed by atoms with Crippen LogP contribution in [0.15, 0.2) is 11.2 Å². The van der Waals surface area contributed by atoms with Crippen LogP contribution in [-0.2, 0) is 13.0 Å². The van der Waals surface area contributed by atoms with Crippen molar-refractivity contribution in [3.63, 3.8) is 0 Å². The Morgan fingerprint density at radius 1 is 1.41 bits per heavy atom. The van der Waals surface area contributed by atoms with Gasteiger partial charge in [-0.05, 0) is 38.8 Å². The molecule has 0 aromatic carbocycles. The standard InChI is InChI=1S/C16H29N5S/c1-4-14-10-18-15(22-14)11-20-16(17-5-2)19-9-13-7-8-21(6-3)12-13/h10,13H,4-9,11-12H2,1-3H3,(H2,17,19,20). The van der Waals surface area contributed by atoms with E-state index in [2.05, 4.69) is 46.3 Å². The Morgan fingerprint density at radius 3 is 2.91 bits per heavy atom. The van der Waals surface area contributed by atoms with Crippen LogP contribution in [0.5, 0.6) is 0 Å². The molecule has 2 N–H and O–H groups in total. The van der Waals surface area contributed by atoms with Crippen LogP contribution in [0.4, 0.5) is 0 Å². The molecular formula is C16H29N5S. The number of nitrogens with one attached hydrogen (secondary N) is 2. The Bertz CT molecular complexity index is 471. The maximum Gasteiger partial charge on any atom is 0.191 e. The monoisotopic (exact) mass is 323 g/mol. The second kappa shape index (κ2) is 9.10. The number of thiazole rings is 1. The summed E-state index contributed by atoms with van der Waals surface area (Å²) < 4.78 is 0. The summed E-state index contributed by atoms with van der Waals surface area (Å²) in [6.07, 6.45) is 4.30. The van der Waals surface area contributed by atoms with Crippen LogP contribution >= 0.6 is 11.3 Å². The molecule has 0 bridgehead atoms. The lowest BCUT2D eigenvalue weighted by Gasteiger charge is -2.16. The zero-order valence-corrected chi connectivity index (χ0v) is 14.9. The fourth-order valence-corrected chi connectivity index (χ4v) is 3.47. The molecule has 0 saturated carbocycles. The van der Waals surface area contributed by atoms with Gasteiger partial charge in [0.15, 0.2) is 5.96 Å². The maximum absolute atomic E-state index is 4.66. The number of aromatic nitrogens is 1. The molecule has 1 saturated heterocycles. The fraction of sp³-hybridized carbons (Fsp3) is 0.750. The van der Waals surface area contributed by atoms with Crippen molar-refractivity contribution in [2.75, 3.05) is 32.7 Å². The first-order chi connectivity index (χ1) is 10.7. The molecule has 22 heavy (non-hydrogen) atoms. The molecule has 2 heterocycles. The quantitative estimate of drug-likeness (QED) is 0.596. The first kappa shape index (κ1) is 17.2. The van der Waals surface area contributed by atoms with Gasteiger partial charge in [-0.3, -0.25) is 0 Å². The Labute approximate surface area is 138 Å². The van der Waals surface area contributed by atoms with Gasteiger partial charge < -0.3 is 15.5 Å². The first-order valence-corrected chi connectivity index (χ1v) is 9.24. The zero-order valence-electron chi connectivity index (χ0n) is 14.1. The van der Waals surface area contributed by atoms with Crippen molar-refractivity contribution in [3.8, 4) is 0 Å². The van der Waals surface area contributed by atoms with Crippen LogP contribution in [0.3, 0.4) is 0 Å². The molecule has 2 rings (SSSR count). The van der Waals surface area contributed by atoms with Gasteiger partial charge in [-0.25, -0.2) is 9.98 Å². The molecule has 0 spiro atoms.